The smallest absolute Gasteiger partial charge is 0.299 e. The summed E-state index contributed by atoms with van der Waals surface area (Å²) in [6.07, 6.45) is 0.485. The summed E-state index contributed by atoms with van der Waals surface area (Å²) in [5.74, 6) is -0.0167. The second kappa shape index (κ2) is 6.30. The van der Waals surface area contributed by atoms with E-state index < -0.39 is 10.1 Å². The number of oxime groups is 1. The lowest BCUT2D eigenvalue weighted by atomic mass is 10.2. The third kappa shape index (κ3) is 4.29. The van der Waals surface area contributed by atoms with Crippen LogP contribution in [0.2, 0.25) is 0 Å². The monoisotopic (exact) mass is 269 g/mol. The van der Waals surface area contributed by atoms with Crippen LogP contribution in [0, 0.1) is 0 Å². The molecule has 0 heterocycles. The van der Waals surface area contributed by atoms with Gasteiger partial charge >= 0.3 is 10.1 Å². The lowest BCUT2D eigenvalue weighted by molar-refractivity contribution is -0.117. The van der Waals surface area contributed by atoms with Crippen molar-refractivity contribution in [3.8, 4) is 0 Å². The van der Waals surface area contributed by atoms with Gasteiger partial charge in [0.1, 0.15) is 10.7 Å². The summed E-state index contributed by atoms with van der Waals surface area (Å²) in [5, 5.41) is 3.47. The molecular formula is C12H15NO4S. The molecule has 0 atom stereocenters. The van der Waals surface area contributed by atoms with Crippen molar-refractivity contribution in [3.05, 3.63) is 30.3 Å². The lowest BCUT2D eigenvalue weighted by Crippen LogP contribution is -2.07. The van der Waals surface area contributed by atoms with Gasteiger partial charge in [-0.15, -0.1) is 0 Å². The fourth-order valence-corrected chi connectivity index (χ4v) is 1.99. The van der Waals surface area contributed by atoms with Crippen LogP contribution in [0.15, 0.2) is 40.4 Å². The van der Waals surface area contributed by atoms with Crippen molar-refractivity contribution in [1.82, 2.24) is 0 Å². The molecule has 0 bridgehead atoms. The molecule has 0 aromatic heterocycles. The number of hydrogen-bond acceptors (Lipinski definition) is 5. The van der Waals surface area contributed by atoms with Crippen LogP contribution < -0.4 is 0 Å². The van der Waals surface area contributed by atoms with E-state index >= 15 is 0 Å². The predicted molar refractivity (Wildman–Crippen MR) is 67.7 cm³/mol. The Morgan fingerprint density at radius 1 is 1.28 bits per heavy atom. The second-order valence-electron chi connectivity index (χ2n) is 3.74. The van der Waals surface area contributed by atoms with E-state index in [4.69, 9.17) is 0 Å². The molecule has 0 fully saturated rings. The number of rotatable bonds is 6. The SMILES string of the molecule is CCC(=O)CC(C)=NOS(=O)(=O)c1ccccc1. The Morgan fingerprint density at radius 2 is 1.89 bits per heavy atom. The molecule has 0 spiro atoms. The largest absolute Gasteiger partial charge is 0.358 e. The summed E-state index contributed by atoms with van der Waals surface area (Å²) in [7, 11) is -3.90. The standard InChI is InChI=1S/C12H15NO4S/c1-3-11(14)9-10(2)13-17-18(15,16)12-7-5-4-6-8-12/h4-8H,3,9H2,1-2H3. The Bertz CT molecular complexity index is 534. The third-order valence-corrected chi connectivity index (χ3v) is 3.29. The number of carbonyl (C=O) groups excluding carboxylic acids is 1. The van der Waals surface area contributed by atoms with Gasteiger partial charge in [0.05, 0.1) is 5.71 Å². The van der Waals surface area contributed by atoms with Gasteiger partial charge in [0.15, 0.2) is 0 Å². The van der Waals surface area contributed by atoms with Crippen molar-refractivity contribution in [2.24, 2.45) is 5.16 Å². The van der Waals surface area contributed by atoms with E-state index in [1.54, 1.807) is 32.0 Å². The fraction of sp³-hybridized carbons (Fsp3) is 0.333. The van der Waals surface area contributed by atoms with E-state index in [2.05, 4.69) is 9.44 Å². The highest BCUT2D eigenvalue weighted by molar-refractivity contribution is 7.86. The van der Waals surface area contributed by atoms with Crippen molar-refractivity contribution < 1.29 is 17.5 Å². The molecule has 0 unspecified atom stereocenters. The maximum atomic E-state index is 11.7. The maximum absolute atomic E-state index is 11.7. The van der Waals surface area contributed by atoms with Gasteiger partial charge in [0.2, 0.25) is 0 Å². The number of hydrogen-bond donors (Lipinski definition) is 0. The first-order valence-electron chi connectivity index (χ1n) is 5.49. The van der Waals surface area contributed by atoms with E-state index in [0.29, 0.717) is 12.1 Å². The molecule has 0 N–H and O–H groups in total. The second-order valence-corrected chi connectivity index (χ2v) is 5.27. The first-order valence-corrected chi connectivity index (χ1v) is 6.90. The van der Waals surface area contributed by atoms with Crippen LogP contribution in [0.25, 0.3) is 0 Å². The molecule has 1 rings (SSSR count). The first-order chi connectivity index (χ1) is 8.45. The van der Waals surface area contributed by atoms with Gasteiger partial charge < -0.3 is 0 Å². The molecular weight excluding hydrogens is 254 g/mol. The predicted octanol–water partition coefficient (Wildman–Crippen LogP) is 2.14. The van der Waals surface area contributed by atoms with E-state index in [1.807, 2.05) is 0 Å². The van der Waals surface area contributed by atoms with Gasteiger partial charge in [-0.05, 0) is 19.1 Å². The molecule has 98 valence electrons. The number of benzene rings is 1. The number of nitrogens with zero attached hydrogens (tertiary/aromatic N) is 1. The Balaban J connectivity index is 2.74. The van der Waals surface area contributed by atoms with Gasteiger partial charge in [-0.2, -0.15) is 8.42 Å². The average Bonchev–Trinajstić information content (AvgIpc) is 2.37. The minimum absolute atomic E-state index is 0.0167. The minimum atomic E-state index is -3.90. The fourth-order valence-electron chi connectivity index (χ4n) is 1.19. The molecule has 5 nitrogen and oxygen atoms in total. The molecule has 1 aromatic carbocycles. The van der Waals surface area contributed by atoms with Gasteiger partial charge in [-0.1, -0.05) is 30.3 Å². The Kier molecular flexibility index (Phi) is 5.03. The van der Waals surface area contributed by atoms with Crippen LogP contribution in [0.4, 0.5) is 0 Å². The van der Waals surface area contributed by atoms with Gasteiger partial charge in [-0.3, -0.25) is 9.08 Å². The summed E-state index contributed by atoms with van der Waals surface area (Å²) in [5.41, 5.74) is 0.335. The van der Waals surface area contributed by atoms with Crippen LogP contribution in [0.5, 0.6) is 0 Å². The highest BCUT2D eigenvalue weighted by Gasteiger charge is 2.15. The number of Topliss-reactive ketones (excluding diaryl/α,β-unsaturated/α-hetero) is 1. The van der Waals surface area contributed by atoms with Crippen LogP contribution in [0.1, 0.15) is 26.7 Å². The first kappa shape index (κ1) is 14.4. The average molecular weight is 269 g/mol. The summed E-state index contributed by atoms with van der Waals surface area (Å²) in [4.78, 5) is 11.2. The molecule has 0 aliphatic rings. The Hall–Kier alpha value is -1.69. The van der Waals surface area contributed by atoms with Crippen LogP contribution >= 0.6 is 0 Å². The van der Waals surface area contributed by atoms with Gasteiger partial charge in [0.25, 0.3) is 0 Å². The number of carbonyl (C=O) groups is 1. The zero-order valence-electron chi connectivity index (χ0n) is 10.3. The Labute approximate surface area is 107 Å². The molecule has 1 aromatic rings. The van der Waals surface area contributed by atoms with E-state index in [-0.39, 0.29) is 17.1 Å². The normalized spacial score (nSPS) is 12.2. The van der Waals surface area contributed by atoms with Crippen LogP contribution in [-0.4, -0.2) is 19.9 Å². The van der Waals surface area contributed by atoms with Crippen LogP contribution in [0.3, 0.4) is 0 Å². The number of ketones is 1. The quantitative estimate of drug-likeness (QED) is 0.586. The molecule has 0 aliphatic heterocycles. The van der Waals surface area contributed by atoms with Gasteiger partial charge in [-0.25, -0.2) is 0 Å². The van der Waals surface area contributed by atoms with Crippen molar-refractivity contribution in [2.45, 2.75) is 31.6 Å². The van der Waals surface area contributed by atoms with Crippen molar-refractivity contribution in [3.63, 3.8) is 0 Å². The summed E-state index contributed by atoms with van der Waals surface area (Å²) >= 11 is 0. The molecule has 0 radical (unpaired) electrons. The van der Waals surface area contributed by atoms with E-state index in [0.717, 1.165) is 0 Å². The van der Waals surface area contributed by atoms with Crippen molar-refractivity contribution in [1.29, 1.82) is 0 Å². The van der Waals surface area contributed by atoms with Crippen molar-refractivity contribution in [2.75, 3.05) is 0 Å². The van der Waals surface area contributed by atoms with Gasteiger partial charge in [0, 0.05) is 12.8 Å². The molecule has 18 heavy (non-hydrogen) atoms. The summed E-state index contributed by atoms with van der Waals surface area (Å²) in [6, 6.07) is 7.71. The topological polar surface area (TPSA) is 72.8 Å². The lowest BCUT2D eigenvalue weighted by Gasteiger charge is -2.02. The zero-order valence-corrected chi connectivity index (χ0v) is 11.1. The highest BCUT2D eigenvalue weighted by atomic mass is 32.2. The van der Waals surface area contributed by atoms with E-state index in [9.17, 15) is 13.2 Å². The molecule has 0 amide bonds. The molecule has 6 heteroatoms. The molecule has 0 saturated heterocycles. The third-order valence-electron chi connectivity index (χ3n) is 2.17. The maximum Gasteiger partial charge on any atom is 0.358 e. The Morgan fingerprint density at radius 3 is 2.44 bits per heavy atom. The summed E-state index contributed by atoms with van der Waals surface area (Å²) < 4.78 is 27.9. The van der Waals surface area contributed by atoms with Crippen LogP contribution in [-0.2, 0) is 19.2 Å². The van der Waals surface area contributed by atoms with E-state index in [1.165, 1.54) is 12.1 Å². The highest BCUT2D eigenvalue weighted by Crippen LogP contribution is 2.11. The zero-order chi connectivity index (χ0) is 13.6. The molecule has 0 saturated carbocycles. The van der Waals surface area contributed by atoms with Crippen molar-refractivity contribution >= 4 is 21.6 Å². The summed E-state index contributed by atoms with van der Waals surface area (Å²) in [6.45, 7) is 3.28. The molecule has 0 aliphatic carbocycles. The minimum Gasteiger partial charge on any atom is -0.299 e.